The molecule has 24 heavy (non-hydrogen) atoms. The van der Waals surface area contributed by atoms with E-state index in [1.807, 2.05) is 45.9 Å². The summed E-state index contributed by atoms with van der Waals surface area (Å²) in [6, 6.07) is 5.67. The number of thiophene rings is 1. The second kappa shape index (κ2) is 7.49. The first kappa shape index (κ1) is 18.0. The molecule has 0 aliphatic carbocycles. The molecule has 0 fully saturated rings. The van der Waals surface area contributed by atoms with E-state index in [1.54, 1.807) is 0 Å². The van der Waals surface area contributed by atoms with Crippen LogP contribution >= 0.6 is 11.3 Å². The largest absolute Gasteiger partial charge is 0.484 e. The van der Waals surface area contributed by atoms with Crippen molar-refractivity contribution in [3.63, 3.8) is 0 Å². The summed E-state index contributed by atoms with van der Waals surface area (Å²) in [4.78, 5) is 25.0. The van der Waals surface area contributed by atoms with Crippen LogP contribution in [-0.2, 0) is 9.53 Å². The highest BCUT2D eigenvalue weighted by molar-refractivity contribution is 7.16. The molecule has 0 aliphatic heterocycles. The van der Waals surface area contributed by atoms with Gasteiger partial charge in [0.15, 0.2) is 6.61 Å². The van der Waals surface area contributed by atoms with Gasteiger partial charge < -0.3 is 14.8 Å². The number of aryl methyl sites for hydroxylation is 3. The van der Waals surface area contributed by atoms with E-state index in [9.17, 15) is 9.59 Å². The molecule has 6 heteroatoms. The van der Waals surface area contributed by atoms with Crippen LogP contribution in [0.1, 0.15) is 31.9 Å². The van der Waals surface area contributed by atoms with Gasteiger partial charge in [-0.05, 0) is 56.5 Å². The molecular weight excluding hydrogens is 326 g/mol. The summed E-state index contributed by atoms with van der Waals surface area (Å²) >= 11 is 1.35. The Hall–Kier alpha value is -2.34. The number of methoxy groups -OCH3 is 1. The van der Waals surface area contributed by atoms with Crippen LogP contribution in [0, 0.1) is 27.7 Å². The van der Waals surface area contributed by atoms with Gasteiger partial charge in [0.05, 0.1) is 12.7 Å². The fraction of sp³-hybridized carbons (Fsp3) is 0.333. The first-order valence-corrected chi connectivity index (χ1v) is 8.33. The monoisotopic (exact) mass is 347 g/mol. The van der Waals surface area contributed by atoms with Crippen LogP contribution in [-0.4, -0.2) is 25.6 Å². The Labute approximate surface area is 145 Å². The molecule has 2 aromatic rings. The second-order valence-corrected chi connectivity index (χ2v) is 6.79. The van der Waals surface area contributed by atoms with Crippen molar-refractivity contribution in [2.24, 2.45) is 0 Å². The maximum absolute atomic E-state index is 12.1. The van der Waals surface area contributed by atoms with E-state index in [1.165, 1.54) is 24.0 Å². The molecule has 0 saturated heterocycles. The lowest BCUT2D eigenvalue weighted by Gasteiger charge is -2.09. The third-order valence-electron chi connectivity index (χ3n) is 3.88. The number of benzene rings is 1. The zero-order valence-corrected chi connectivity index (χ0v) is 15.3. The van der Waals surface area contributed by atoms with Crippen LogP contribution in [0.2, 0.25) is 0 Å². The smallest absolute Gasteiger partial charge is 0.341 e. The third-order valence-corrected chi connectivity index (χ3v) is 5.00. The van der Waals surface area contributed by atoms with Gasteiger partial charge in [-0.3, -0.25) is 4.79 Å². The molecule has 0 unspecified atom stereocenters. The van der Waals surface area contributed by atoms with Gasteiger partial charge in [-0.1, -0.05) is 6.07 Å². The quantitative estimate of drug-likeness (QED) is 0.836. The van der Waals surface area contributed by atoms with Gasteiger partial charge in [0.25, 0.3) is 5.91 Å². The first-order valence-electron chi connectivity index (χ1n) is 7.51. The van der Waals surface area contributed by atoms with E-state index < -0.39 is 5.97 Å². The maximum Gasteiger partial charge on any atom is 0.341 e. The third kappa shape index (κ3) is 3.94. The molecule has 0 spiro atoms. The minimum atomic E-state index is -0.456. The Balaban J connectivity index is 2.06. The number of carbonyl (C=O) groups excluding carboxylic acids is 2. The Morgan fingerprint density at radius 1 is 1.12 bits per heavy atom. The van der Waals surface area contributed by atoms with Crippen LogP contribution < -0.4 is 10.1 Å². The molecule has 2 rings (SSSR count). The average Bonchev–Trinajstić information content (AvgIpc) is 2.82. The van der Waals surface area contributed by atoms with Gasteiger partial charge in [-0.25, -0.2) is 4.79 Å². The van der Waals surface area contributed by atoms with E-state index in [2.05, 4.69) is 5.32 Å². The van der Waals surface area contributed by atoms with Gasteiger partial charge in [0.1, 0.15) is 10.8 Å². The highest BCUT2D eigenvalue weighted by atomic mass is 32.1. The lowest BCUT2D eigenvalue weighted by atomic mass is 10.1. The second-order valence-electron chi connectivity index (χ2n) is 5.56. The molecule has 1 heterocycles. The van der Waals surface area contributed by atoms with Crippen LogP contribution in [0.15, 0.2) is 18.2 Å². The maximum atomic E-state index is 12.1. The molecule has 5 nitrogen and oxygen atoms in total. The molecule has 1 N–H and O–H groups in total. The molecule has 0 atom stereocenters. The van der Waals surface area contributed by atoms with Crippen molar-refractivity contribution in [1.29, 1.82) is 0 Å². The number of amides is 1. The molecule has 1 aromatic heterocycles. The van der Waals surface area contributed by atoms with Gasteiger partial charge >= 0.3 is 5.97 Å². The molecule has 0 radical (unpaired) electrons. The van der Waals surface area contributed by atoms with E-state index in [-0.39, 0.29) is 12.5 Å². The molecule has 0 saturated carbocycles. The highest BCUT2D eigenvalue weighted by Crippen LogP contribution is 2.32. The number of hydrogen-bond acceptors (Lipinski definition) is 5. The Morgan fingerprint density at radius 3 is 2.46 bits per heavy atom. The van der Waals surface area contributed by atoms with Gasteiger partial charge in [0, 0.05) is 4.88 Å². The lowest BCUT2D eigenvalue weighted by Crippen LogP contribution is -2.21. The summed E-state index contributed by atoms with van der Waals surface area (Å²) in [5.74, 6) is -0.137. The van der Waals surface area contributed by atoms with Crippen molar-refractivity contribution in [3.8, 4) is 5.75 Å². The normalized spacial score (nSPS) is 10.4. The lowest BCUT2D eigenvalue weighted by molar-refractivity contribution is -0.118. The molecule has 1 amide bonds. The number of nitrogens with one attached hydrogen (secondary N) is 1. The highest BCUT2D eigenvalue weighted by Gasteiger charge is 2.21. The molecular formula is C18H21NO4S. The summed E-state index contributed by atoms with van der Waals surface area (Å²) in [7, 11) is 1.32. The van der Waals surface area contributed by atoms with Crippen LogP contribution in [0.4, 0.5) is 5.00 Å². The van der Waals surface area contributed by atoms with Crippen molar-refractivity contribution < 1.29 is 19.1 Å². The van der Waals surface area contributed by atoms with Crippen molar-refractivity contribution in [1.82, 2.24) is 0 Å². The van der Waals surface area contributed by atoms with Crippen molar-refractivity contribution in [2.45, 2.75) is 27.7 Å². The summed E-state index contributed by atoms with van der Waals surface area (Å²) in [5, 5.41) is 3.23. The zero-order valence-electron chi connectivity index (χ0n) is 14.5. The summed E-state index contributed by atoms with van der Waals surface area (Å²) in [5.41, 5.74) is 3.49. The van der Waals surface area contributed by atoms with Crippen molar-refractivity contribution in [2.75, 3.05) is 19.0 Å². The molecule has 1 aromatic carbocycles. The fourth-order valence-electron chi connectivity index (χ4n) is 2.18. The predicted molar refractivity (Wildman–Crippen MR) is 95.2 cm³/mol. The van der Waals surface area contributed by atoms with E-state index in [0.29, 0.717) is 16.3 Å². The topological polar surface area (TPSA) is 64.6 Å². The number of rotatable bonds is 5. The number of ether oxygens (including phenoxy) is 2. The minimum absolute atomic E-state index is 0.126. The van der Waals surface area contributed by atoms with Crippen molar-refractivity contribution in [3.05, 3.63) is 45.3 Å². The van der Waals surface area contributed by atoms with Gasteiger partial charge in [-0.15, -0.1) is 11.3 Å². The Kier molecular flexibility index (Phi) is 5.62. The van der Waals surface area contributed by atoms with Crippen molar-refractivity contribution >= 4 is 28.2 Å². The summed E-state index contributed by atoms with van der Waals surface area (Å²) in [6.07, 6.45) is 0. The van der Waals surface area contributed by atoms with E-state index >= 15 is 0 Å². The fourth-order valence-corrected chi connectivity index (χ4v) is 3.24. The first-order chi connectivity index (χ1) is 11.3. The SMILES string of the molecule is COC(=O)c1c(NC(=O)COc2ccc(C)c(C)c2)sc(C)c1C. The van der Waals surface area contributed by atoms with Crippen LogP contribution in [0.25, 0.3) is 0 Å². The average molecular weight is 347 g/mol. The van der Waals surface area contributed by atoms with Gasteiger partial charge in [-0.2, -0.15) is 0 Å². The summed E-state index contributed by atoms with van der Waals surface area (Å²) in [6.45, 7) is 7.61. The molecule has 128 valence electrons. The van der Waals surface area contributed by atoms with Gasteiger partial charge in [0.2, 0.25) is 0 Å². The predicted octanol–water partition coefficient (Wildman–Crippen LogP) is 3.79. The standard InChI is InChI=1S/C18H21NO4S/c1-10-6-7-14(8-11(10)2)23-9-15(20)19-17-16(18(21)22-5)12(3)13(4)24-17/h6-8H,9H2,1-5H3,(H,19,20). The van der Waals surface area contributed by atoms with E-state index in [0.717, 1.165) is 16.0 Å². The molecule has 0 bridgehead atoms. The Morgan fingerprint density at radius 2 is 1.83 bits per heavy atom. The summed E-state index contributed by atoms with van der Waals surface area (Å²) < 4.78 is 10.3. The number of hydrogen-bond donors (Lipinski definition) is 1. The number of anilines is 1. The minimum Gasteiger partial charge on any atom is -0.484 e. The van der Waals surface area contributed by atoms with Crippen LogP contribution in [0.5, 0.6) is 5.75 Å². The molecule has 0 aliphatic rings. The number of carbonyl (C=O) groups is 2. The number of esters is 1. The Bertz CT molecular complexity index is 780. The van der Waals surface area contributed by atoms with E-state index in [4.69, 9.17) is 9.47 Å². The zero-order chi connectivity index (χ0) is 17.9. The van der Waals surface area contributed by atoms with Crippen LogP contribution in [0.3, 0.4) is 0 Å².